The molecule has 2 heterocycles. The fourth-order valence-electron chi connectivity index (χ4n) is 3.85. The van der Waals surface area contributed by atoms with Gasteiger partial charge < -0.3 is 19.4 Å². The van der Waals surface area contributed by atoms with E-state index in [9.17, 15) is 4.79 Å². The SMILES string of the molecule is C[C@@H]1CCCN1CCCOc1ccc(-n2cc(C(=O)NCCO[Si](C)(C)C(C)(C)C)cn2)cc1. The molecule has 1 aromatic carbocycles. The second-order valence-electron chi connectivity index (χ2n) is 10.8. The average Bonchev–Trinajstić information content (AvgIpc) is 3.43. The third-order valence-electron chi connectivity index (χ3n) is 7.15. The van der Waals surface area contributed by atoms with Gasteiger partial charge in [0.1, 0.15) is 5.75 Å². The molecule has 3 rings (SSSR count). The summed E-state index contributed by atoms with van der Waals surface area (Å²) in [5.74, 6) is 0.711. The molecule has 8 heteroatoms. The first kappa shape index (κ1) is 26.4. The predicted molar refractivity (Wildman–Crippen MR) is 139 cm³/mol. The van der Waals surface area contributed by atoms with Crippen LogP contribution in [0.1, 0.15) is 57.3 Å². The lowest BCUT2D eigenvalue weighted by Crippen LogP contribution is -2.42. The summed E-state index contributed by atoms with van der Waals surface area (Å²) in [7, 11) is -1.80. The first-order chi connectivity index (χ1) is 16.1. The molecular formula is C26H42N4O3Si. The summed E-state index contributed by atoms with van der Waals surface area (Å²) in [4.78, 5) is 15.0. The third-order valence-corrected chi connectivity index (χ3v) is 11.7. The Morgan fingerprint density at radius 1 is 1.21 bits per heavy atom. The molecule has 0 bridgehead atoms. The van der Waals surface area contributed by atoms with Crippen molar-refractivity contribution in [1.29, 1.82) is 0 Å². The Morgan fingerprint density at radius 3 is 2.59 bits per heavy atom. The Hall–Kier alpha value is -2.16. The van der Waals surface area contributed by atoms with Gasteiger partial charge in [0.25, 0.3) is 5.91 Å². The minimum Gasteiger partial charge on any atom is -0.494 e. The molecule has 7 nitrogen and oxygen atoms in total. The van der Waals surface area contributed by atoms with Crippen molar-refractivity contribution in [3.8, 4) is 11.4 Å². The number of carbonyl (C=O) groups is 1. The number of amides is 1. The highest BCUT2D eigenvalue weighted by Crippen LogP contribution is 2.36. The fourth-order valence-corrected chi connectivity index (χ4v) is 4.89. The zero-order valence-electron chi connectivity index (χ0n) is 21.8. The number of nitrogens with one attached hydrogen (secondary N) is 1. The van der Waals surface area contributed by atoms with E-state index in [2.05, 4.69) is 56.1 Å². The molecule has 0 aliphatic carbocycles. The maximum absolute atomic E-state index is 12.5. The van der Waals surface area contributed by atoms with Crippen LogP contribution >= 0.6 is 0 Å². The number of hydrogen-bond acceptors (Lipinski definition) is 5. The van der Waals surface area contributed by atoms with E-state index in [1.165, 1.54) is 19.4 Å². The lowest BCUT2D eigenvalue weighted by molar-refractivity contribution is 0.0945. The Kier molecular flexibility index (Phi) is 8.95. The number of ether oxygens (including phenoxy) is 1. The van der Waals surface area contributed by atoms with Crippen molar-refractivity contribution < 1.29 is 14.0 Å². The van der Waals surface area contributed by atoms with Crippen LogP contribution in [0.15, 0.2) is 36.7 Å². The number of aromatic nitrogens is 2. The largest absolute Gasteiger partial charge is 0.494 e. The van der Waals surface area contributed by atoms with Gasteiger partial charge >= 0.3 is 0 Å². The highest BCUT2D eigenvalue weighted by Gasteiger charge is 2.36. The number of likely N-dealkylation sites (tertiary alicyclic amines) is 1. The van der Waals surface area contributed by atoms with Gasteiger partial charge in [0, 0.05) is 25.3 Å². The van der Waals surface area contributed by atoms with Crippen LogP contribution in [0, 0.1) is 0 Å². The fraction of sp³-hybridized carbons (Fsp3) is 0.615. The summed E-state index contributed by atoms with van der Waals surface area (Å²) in [5.41, 5.74) is 1.42. The van der Waals surface area contributed by atoms with Crippen LogP contribution < -0.4 is 10.1 Å². The van der Waals surface area contributed by atoms with Gasteiger partial charge in [-0.2, -0.15) is 5.10 Å². The molecule has 1 atom stereocenters. The van der Waals surface area contributed by atoms with E-state index < -0.39 is 8.32 Å². The van der Waals surface area contributed by atoms with Crippen molar-refractivity contribution in [3.63, 3.8) is 0 Å². The predicted octanol–water partition coefficient (Wildman–Crippen LogP) is 4.88. The van der Waals surface area contributed by atoms with Crippen molar-refractivity contribution in [2.24, 2.45) is 0 Å². The highest BCUT2D eigenvalue weighted by molar-refractivity contribution is 6.74. The van der Waals surface area contributed by atoms with E-state index in [0.717, 1.165) is 24.4 Å². The number of rotatable bonds is 11. The van der Waals surface area contributed by atoms with E-state index in [0.29, 0.717) is 31.4 Å². The van der Waals surface area contributed by atoms with Gasteiger partial charge in [0.15, 0.2) is 8.32 Å². The van der Waals surface area contributed by atoms with Gasteiger partial charge in [0.2, 0.25) is 0 Å². The molecule has 1 aromatic heterocycles. The van der Waals surface area contributed by atoms with E-state index in [1.54, 1.807) is 17.1 Å². The van der Waals surface area contributed by atoms with Crippen LogP contribution in [-0.2, 0) is 4.43 Å². The summed E-state index contributed by atoms with van der Waals surface area (Å²) in [6, 6.07) is 8.52. The average molecular weight is 487 g/mol. The quantitative estimate of drug-likeness (QED) is 0.362. The summed E-state index contributed by atoms with van der Waals surface area (Å²) in [6.07, 6.45) is 6.99. The smallest absolute Gasteiger partial charge is 0.254 e. The van der Waals surface area contributed by atoms with Gasteiger partial charge in [-0.15, -0.1) is 0 Å². The van der Waals surface area contributed by atoms with Gasteiger partial charge in [-0.25, -0.2) is 4.68 Å². The molecular weight excluding hydrogens is 444 g/mol. The lowest BCUT2D eigenvalue weighted by Gasteiger charge is -2.36. The van der Waals surface area contributed by atoms with Crippen LogP contribution in [0.25, 0.3) is 5.69 Å². The maximum Gasteiger partial charge on any atom is 0.254 e. The molecule has 1 aliphatic heterocycles. The van der Waals surface area contributed by atoms with Crippen LogP contribution in [0.5, 0.6) is 5.75 Å². The van der Waals surface area contributed by atoms with Crippen LogP contribution in [0.2, 0.25) is 18.1 Å². The molecule has 1 aliphatic rings. The Morgan fingerprint density at radius 2 is 1.94 bits per heavy atom. The van der Waals surface area contributed by atoms with Crippen LogP contribution in [0.4, 0.5) is 0 Å². The topological polar surface area (TPSA) is 68.6 Å². The maximum atomic E-state index is 12.5. The van der Waals surface area contributed by atoms with Gasteiger partial charge in [-0.05, 0) is 75.1 Å². The van der Waals surface area contributed by atoms with Crippen molar-refractivity contribution in [1.82, 2.24) is 20.0 Å². The first-order valence-electron chi connectivity index (χ1n) is 12.5. The molecule has 1 fully saturated rings. The lowest BCUT2D eigenvalue weighted by atomic mass is 10.2. The minimum absolute atomic E-state index is 0.141. The molecule has 0 unspecified atom stereocenters. The van der Waals surface area contributed by atoms with Crippen LogP contribution in [-0.4, -0.2) is 67.8 Å². The Labute approximate surface area is 205 Å². The standard InChI is InChI=1S/C26H42N4O3Si/c1-21-9-7-15-29(21)16-8-17-32-24-12-10-23(11-13-24)30-20-22(19-28-30)25(31)27-14-18-33-34(5,6)26(2,3)4/h10-13,19-21H,7-9,14-18H2,1-6H3,(H,27,31)/t21-/m1/s1. The monoisotopic (exact) mass is 486 g/mol. The van der Waals surface area contributed by atoms with Crippen molar-refractivity contribution >= 4 is 14.2 Å². The zero-order chi connectivity index (χ0) is 24.8. The van der Waals surface area contributed by atoms with E-state index >= 15 is 0 Å². The van der Waals surface area contributed by atoms with E-state index in [4.69, 9.17) is 9.16 Å². The number of nitrogens with zero attached hydrogens (tertiary/aromatic N) is 3. The molecule has 2 aromatic rings. The first-order valence-corrected chi connectivity index (χ1v) is 15.4. The summed E-state index contributed by atoms with van der Waals surface area (Å²) >= 11 is 0. The van der Waals surface area contributed by atoms with Crippen molar-refractivity contribution in [2.45, 2.75) is 71.1 Å². The zero-order valence-corrected chi connectivity index (χ0v) is 22.8. The summed E-state index contributed by atoms with van der Waals surface area (Å²) in [5, 5.41) is 7.44. The molecule has 1 amide bonds. The summed E-state index contributed by atoms with van der Waals surface area (Å²) in [6.45, 7) is 17.4. The third kappa shape index (κ3) is 7.17. The van der Waals surface area contributed by atoms with E-state index in [1.807, 2.05) is 24.3 Å². The minimum atomic E-state index is -1.80. The second-order valence-corrected chi connectivity index (χ2v) is 15.6. The second kappa shape index (κ2) is 11.5. The van der Waals surface area contributed by atoms with Crippen LogP contribution in [0.3, 0.4) is 0 Å². The normalized spacial score (nSPS) is 17.2. The molecule has 0 saturated carbocycles. The Balaban J connectivity index is 1.41. The molecule has 1 N–H and O–H groups in total. The molecule has 0 spiro atoms. The van der Waals surface area contributed by atoms with Crippen molar-refractivity contribution in [3.05, 3.63) is 42.2 Å². The molecule has 0 radical (unpaired) electrons. The highest BCUT2D eigenvalue weighted by atomic mass is 28.4. The van der Waals surface area contributed by atoms with Crippen molar-refractivity contribution in [2.75, 3.05) is 32.8 Å². The Bertz CT molecular complexity index is 921. The number of benzene rings is 1. The number of hydrogen-bond donors (Lipinski definition) is 1. The molecule has 188 valence electrons. The number of carbonyl (C=O) groups excluding carboxylic acids is 1. The van der Waals surface area contributed by atoms with Gasteiger partial charge in [-0.1, -0.05) is 20.8 Å². The van der Waals surface area contributed by atoms with E-state index in [-0.39, 0.29) is 10.9 Å². The van der Waals surface area contributed by atoms with Gasteiger partial charge in [0.05, 0.1) is 30.7 Å². The molecule has 34 heavy (non-hydrogen) atoms. The summed E-state index contributed by atoms with van der Waals surface area (Å²) < 4.78 is 13.7. The van der Waals surface area contributed by atoms with Gasteiger partial charge in [-0.3, -0.25) is 4.79 Å². The molecule has 1 saturated heterocycles.